The predicted molar refractivity (Wildman–Crippen MR) is 99.2 cm³/mol. The van der Waals surface area contributed by atoms with Crippen LogP contribution in [0.4, 0.5) is 5.69 Å². The van der Waals surface area contributed by atoms with E-state index in [1.165, 1.54) is 0 Å². The molecule has 25 heavy (non-hydrogen) atoms. The van der Waals surface area contributed by atoms with E-state index in [0.717, 1.165) is 11.3 Å². The fourth-order valence-corrected chi connectivity index (χ4v) is 2.67. The SMILES string of the molecule is COc1ccc(C(=O)N(Cc2cccnc2)c2cccc(Cl)c2)cc1. The molecule has 0 aliphatic carbocycles. The van der Waals surface area contributed by atoms with Crippen molar-refractivity contribution >= 4 is 23.2 Å². The Morgan fingerprint density at radius 1 is 1.12 bits per heavy atom. The molecule has 0 aliphatic heterocycles. The first-order valence-electron chi connectivity index (χ1n) is 7.78. The lowest BCUT2D eigenvalue weighted by molar-refractivity contribution is 0.0985. The number of rotatable bonds is 5. The second kappa shape index (κ2) is 7.81. The second-order valence-corrected chi connectivity index (χ2v) is 5.90. The van der Waals surface area contributed by atoms with Gasteiger partial charge in [0.1, 0.15) is 5.75 Å². The van der Waals surface area contributed by atoms with Crippen LogP contribution in [0.25, 0.3) is 0 Å². The Labute approximate surface area is 151 Å². The molecule has 0 saturated heterocycles. The van der Waals surface area contributed by atoms with Crippen molar-refractivity contribution in [3.63, 3.8) is 0 Å². The molecule has 0 bridgehead atoms. The summed E-state index contributed by atoms with van der Waals surface area (Å²) in [7, 11) is 1.59. The molecule has 5 heteroatoms. The van der Waals surface area contributed by atoms with E-state index in [-0.39, 0.29) is 5.91 Å². The molecule has 0 aliphatic rings. The van der Waals surface area contributed by atoms with E-state index in [2.05, 4.69) is 4.98 Å². The van der Waals surface area contributed by atoms with Gasteiger partial charge in [-0.2, -0.15) is 0 Å². The number of carbonyl (C=O) groups is 1. The molecule has 0 radical (unpaired) electrons. The van der Waals surface area contributed by atoms with Gasteiger partial charge >= 0.3 is 0 Å². The van der Waals surface area contributed by atoms with Crippen molar-refractivity contribution in [3.05, 3.63) is 89.2 Å². The summed E-state index contributed by atoms with van der Waals surface area (Å²) in [6.45, 7) is 0.402. The highest BCUT2D eigenvalue weighted by atomic mass is 35.5. The van der Waals surface area contributed by atoms with Crippen LogP contribution in [0, 0.1) is 0 Å². The van der Waals surface area contributed by atoms with Crippen LogP contribution in [0.5, 0.6) is 5.75 Å². The minimum atomic E-state index is -0.117. The summed E-state index contributed by atoms with van der Waals surface area (Å²) < 4.78 is 5.15. The first-order chi connectivity index (χ1) is 12.2. The van der Waals surface area contributed by atoms with E-state index in [4.69, 9.17) is 16.3 Å². The highest BCUT2D eigenvalue weighted by Gasteiger charge is 2.18. The Balaban J connectivity index is 1.95. The van der Waals surface area contributed by atoms with E-state index < -0.39 is 0 Å². The minimum absolute atomic E-state index is 0.117. The van der Waals surface area contributed by atoms with Crippen molar-refractivity contribution in [3.8, 4) is 5.75 Å². The molecule has 126 valence electrons. The molecule has 1 heterocycles. The highest BCUT2D eigenvalue weighted by molar-refractivity contribution is 6.31. The Hall–Kier alpha value is -2.85. The van der Waals surface area contributed by atoms with Crippen LogP contribution in [-0.4, -0.2) is 18.0 Å². The van der Waals surface area contributed by atoms with Gasteiger partial charge in [0.25, 0.3) is 5.91 Å². The predicted octanol–water partition coefficient (Wildman–Crippen LogP) is 4.59. The summed E-state index contributed by atoms with van der Waals surface area (Å²) in [5.41, 5.74) is 2.24. The molecule has 4 nitrogen and oxygen atoms in total. The number of hydrogen-bond donors (Lipinski definition) is 0. The van der Waals surface area contributed by atoms with Gasteiger partial charge in [-0.3, -0.25) is 9.78 Å². The van der Waals surface area contributed by atoms with Crippen molar-refractivity contribution < 1.29 is 9.53 Å². The van der Waals surface area contributed by atoms with Crippen LogP contribution in [0.1, 0.15) is 15.9 Å². The van der Waals surface area contributed by atoms with Crippen molar-refractivity contribution in [1.29, 1.82) is 0 Å². The summed E-state index contributed by atoms with van der Waals surface area (Å²) >= 11 is 6.12. The molecule has 0 spiro atoms. The molecule has 0 N–H and O–H groups in total. The molecule has 1 aromatic heterocycles. The number of aromatic nitrogens is 1. The van der Waals surface area contributed by atoms with Gasteiger partial charge in [-0.05, 0) is 54.1 Å². The number of ether oxygens (including phenoxy) is 1. The van der Waals surface area contributed by atoms with Crippen molar-refractivity contribution in [2.75, 3.05) is 12.0 Å². The van der Waals surface area contributed by atoms with Gasteiger partial charge in [0.2, 0.25) is 0 Å². The largest absolute Gasteiger partial charge is 0.497 e. The molecule has 0 atom stereocenters. The van der Waals surface area contributed by atoms with E-state index >= 15 is 0 Å². The van der Waals surface area contributed by atoms with Crippen LogP contribution < -0.4 is 9.64 Å². The number of methoxy groups -OCH3 is 1. The highest BCUT2D eigenvalue weighted by Crippen LogP contribution is 2.24. The van der Waals surface area contributed by atoms with Gasteiger partial charge < -0.3 is 9.64 Å². The number of amides is 1. The molecule has 1 amide bonds. The van der Waals surface area contributed by atoms with Gasteiger partial charge in [-0.25, -0.2) is 0 Å². The van der Waals surface area contributed by atoms with Crippen LogP contribution in [0.2, 0.25) is 5.02 Å². The first kappa shape index (κ1) is 17.0. The van der Waals surface area contributed by atoms with Crippen LogP contribution in [0.3, 0.4) is 0 Å². The van der Waals surface area contributed by atoms with E-state index in [9.17, 15) is 4.79 Å². The quantitative estimate of drug-likeness (QED) is 0.674. The average molecular weight is 353 g/mol. The molecule has 2 aromatic carbocycles. The number of halogens is 1. The lowest BCUT2D eigenvalue weighted by Gasteiger charge is -2.23. The van der Waals surface area contributed by atoms with Gasteiger partial charge in [-0.15, -0.1) is 0 Å². The van der Waals surface area contributed by atoms with Crippen molar-refractivity contribution in [2.24, 2.45) is 0 Å². The molecule has 0 fully saturated rings. The number of nitrogens with zero attached hydrogens (tertiary/aromatic N) is 2. The van der Waals surface area contributed by atoms with Gasteiger partial charge in [0, 0.05) is 28.7 Å². The smallest absolute Gasteiger partial charge is 0.258 e. The molecular weight excluding hydrogens is 336 g/mol. The molecule has 3 rings (SSSR count). The van der Waals surface area contributed by atoms with Gasteiger partial charge in [0.15, 0.2) is 0 Å². The monoisotopic (exact) mass is 352 g/mol. The maximum atomic E-state index is 13.1. The number of hydrogen-bond acceptors (Lipinski definition) is 3. The fourth-order valence-electron chi connectivity index (χ4n) is 2.49. The lowest BCUT2D eigenvalue weighted by Crippen LogP contribution is -2.30. The van der Waals surface area contributed by atoms with E-state index in [1.807, 2.05) is 24.3 Å². The number of carbonyl (C=O) groups excluding carboxylic acids is 1. The second-order valence-electron chi connectivity index (χ2n) is 5.46. The maximum Gasteiger partial charge on any atom is 0.258 e. The Morgan fingerprint density at radius 3 is 2.56 bits per heavy atom. The number of anilines is 1. The van der Waals surface area contributed by atoms with Crippen LogP contribution in [0.15, 0.2) is 73.1 Å². The van der Waals surface area contributed by atoms with Gasteiger partial charge in [0.05, 0.1) is 13.7 Å². The van der Waals surface area contributed by atoms with E-state index in [0.29, 0.717) is 22.9 Å². The van der Waals surface area contributed by atoms with Gasteiger partial charge in [-0.1, -0.05) is 23.7 Å². The summed E-state index contributed by atoms with van der Waals surface area (Å²) in [5, 5.41) is 0.580. The van der Waals surface area contributed by atoms with Crippen LogP contribution in [-0.2, 0) is 6.54 Å². The average Bonchev–Trinajstić information content (AvgIpc) is 2.66. The third kappa shape index (κ3) is 4.17. The summed E-state index contributed by atoms with van der Waals surface area (Å²) in [6, 6.07) is 18.1. The summed E-state index contributed by atoms with van der Waals surface area (Å²) in [4.78, 5) is 18.9. The Bertz CT molecular complexity index is 851. The number of pyridine rings is 1. The van der Waals surface area contributed by atoms with Crippen molar-refractivity contribution in [2.45, 2.75) is 6.54 Å². The minimum Gasteiger partial charge on any atom is -0.497 e. The zero-order valence-corrected chi connectivity index (χ0v) is 14.5. The third-order valence-electron chi connectivity index (χ3n) is 3.77. The molecule has 0 unspecified atom stereocenters. The fraction of sp³-hybridized carbons (Fsp3) is 0.100. The maximum absolute atomic E-state index is 13.1. The lowest BCUT2D eigenvalue weighted by atomic mass is 10.1. The third-order valence-corrected chi connectivity index (χ3v) is 4.00. The normalized spacial score (nSPS) is 10.3. The standard InChI is InChI=1S/C20H17ClN2O2/c1-25-19-9-7-16(8-10-19)20(24)23(14-15-4-3-11-22-13-15)18-6-2-5-17(21)12-18/h2-13H,14H2,1H3. The first-order valence-corrected chi connectivity index (χ1v) is 8.15. The van der Waals surface area contributed by atoms with E-state index in [1.54, 1.807) is 60.8 Å². The Kier molecular flexibility index (Phi) is 5.31. The summed E-state index contributed by atoms with van der Waals surface area (Å²) in [6.07, 6.45) is 3.46. The van der Waals surface area contributed by atoms with Crippen LogP contribution >= 0.6 is 11.6 Å². The zero-order valence-electron chi connectivity index (χ0n) is 13.7. The molecule has 0 saturated carbocycles. The number of benzene rings is 2. The zero-order chi connectivity index (χ0) is 17.6. The summed E-state index contributed by atoms with van der Waals surface area (Å²) in [5.74, 6) is 0.590. The van der Waals surface area contributed by atoms with Crippen molar-refractivity contribution in [1.82, 2.24) is 4.98 Å². The topological polar surface area (TPSA) is 42.4 Å². The molecule has 3 aromatic rings. The molecular formula is C20H17ClN2O2. The Morgan fingerprint density at radius 2 is 1.92 bits per heavy atom.